The first-order valence-corrected chi connectivity index (χ1v) is 5.93. The quantitative estimate of drug-likeness (QED) is 0.598. The first kappa shape index (κ1) is 11.0. The molecular formula is C15H12O3. The van der Waals surface area contributed by atoms with Crippen molar-refractivity contribution in [3.05, 3.63) is 59.5 Å². The molecule has 0 amide bonds. The highest BCUT2D eigenvalue weighted by Gasteiger charge is 2.33. The van der Waals surface area contributed by atoms with E-state index >= 15 is 0 Å². The minimum atomic E-state index is -0.592. The zero-order chi connectivity index (χ0) is 12.5. The molecule has 3 rings (SSSR count). The van der Waals surface area contributed by atoms with Crippen molar-refractivity contribution >= 4 is 11.6 Å². The Hall–Kier alpha value is -2.16. The molecule has 1 aliphatic rings. The van der Waals surface area contributed by atoms with Gasteiger partial charge in [-0.2, -0.15) is 0 Å². The van der Waals surface area contributed by atoms with Gasteiger partial charge < -0.3 is 4.42 Å². The third-order valence-electron chi connectivity index (χ3n) is 3.38. The SMILES string of the molecule is O=C1Cc2ccccc2CC1C(=O)c1ccco1. The standard InChI is InChI=1S/C15H12O3/c16-13-9-11-5-2-1-4-10(11)8-12(13)15(17)14-6-3-7-18-14/h1-7,12H,8-9H2. The van der Waals surface area contributed by atoms with Gasteiger partial charge in [0.1, 0.15) is 5.78 Å². The molecule has 1 heterocycles. The van der Waals surface area contributed by atoms with Crippen molar-refractivity contribution in [3.63, 3.8) is 0 Å². The van der Waals surface area contributed by atoms with E-state index in [1.165, 1.54) is 6.26 Å². The average molecular weight is 240 g/mol. The Morgan fingerprint density at radius 3 is 2.61 bits per heavy atom. The minimum Gasteiger partial charge on any atom is -0.461 e. The van der Waals surface area contributed by atoms with Crippen molar-refractivity contribution in [3.8, 4) is 0 Å². The normalized spacial score (nSPS) is 18.4. The molecule has 2 aromatic rings. The van der Waals surface area contributed by atoms with Crippen LogP contribution in [0, 0.1) is 5.92 Å². The highest BCUT2D eigenvalue weighted by molar-refractivity contribution is 6.10. The predicted molar refractivity (Wildman–Crippen MR) is 65.4 cm³/mol. The molecule has 0 aliphatic heterocycles. The van der Waals surface area contributed by atoms with Crippen molar-refractivity contribution in [1.29, 1.82) is 0 Å². The van der Waals surface area contributed by atoms with Crippen molar-refractivity contribution in [2.75, 3.05) is 0 Å². The molecule has 1 atom stereocenters. The van der Waals surface area contributed by atoms with Gasteiger partial charge in [-0.3, -0.25) is 9.59 Å². The zero-order valence-electron chi connectivity index (χ0n) is 9.76. The third-order valence-corrected chi connectivity index (χ3v) is 3.38. The molecule has 1 aromatic heterocycles. The lowest BCUT2D eigenvalue weighted by molar-refractivity contribution is -0.121. The second-order valence-corrected chi connectivity index (χ2v) is 4.51. The van der Waals surface area contributed by atoms with E-state index in [4.69, 9.17) is 4.42 Å². The number of carbonyl (C=O) groups excluding carboxylic acids is 2. The Labute approximate surface area is 104 Å². The third kappa shape index (κ3) is 1.78. The number of carbonyl (C=O) groups is 2. The summed E-state index contributed by atoms with van der Waals surface area (Å²) < 4.78 is 5.08. The molecule has 0 spiro atoms. The topological polar surface area (TPSA) is 47.3 Å². The van der Waals surface area contributed by atoms with E-state index in [0.717, 1.165) is 11.1 Å². The lowest BCUT2D eigenvalue weighted by Gasteiger charge is -2.21. The van der Waals surface area contributed by atoms with Gasteiger partial charge in [-0.1, -0.05) is 24.3 Å². The van der Waals surface area contributed by atoms with Gasteiger partial charge in [0.15, 0.2) is 5.76 Å². The second kappa shape index (κ2) is 4.26. The van der Waals surface area contributed by atoms with Gasteiger partial charge >= 0.3 is 0 Å². The Balaban J connectivity index is 1.92. The number of rotatable bonds is 2. The second-order valence-electron chi connectivity index (χ2n) is 4.51. The van der Waals surface area contributed by atoms with Crippen molar-refractivity contribution < 1.29 is 14.0 Å². The Morgan fingerprint density at radius 1 is 1.11 bits per heavy atom. The summed E-state index contributed by atoms with van der Waals surface area (Å²) in [5.74, 6) is -0.548. The number of Topliss-reactive ketones (excluding diaryl/α,β-unsaturated/α-hetero) is 2. The molecule has 0 fully saturated rings. The van der Waals surface area contributed by atoms with E-state index in [2.05, 4.69) is 0 Å². The van der Waals surface area contributed by atoms with Crippen LogP contribution in [0.3, 0.4) is 0 Å². The number of hydrogen-bond acceptors (Lipinski definition) is 3. The van der Waals surface area contributed by atoms with Gasteiger partial charge in [-0.25, -0.2) is 0 Å². The maximum absolute atomic E-state index is 12.2. The van der Waals surface area contributed by atoms with Gasteiger partial charge in [-0.05, 0) is 29.7 Å². The van der Waals surface area contributed by atoms with E-state index in [9.17, 15) is 9.59 Å². The Kier molecular flexibility index (Phi) is 2.59. The summed E-state index contributed by atoms with van der Waals surface area (Å²) in [6.45, 7) is 0. The van der Waals surface area contributed by atoms with Gasteiger partial charge in [0.2, 0.25) is 5.78 Å². The van der Waals surface area contributed by atoms with Crippen LogP contribution in [0.4, 0.5) is 0 Å². The van der Waals surface area contributed by atoms with Crippen LogP contribution >= 0.6 is 0 Å². The monoisotopic (exact) mass is 240 g/mol. The van der Waals surface area contributed by atoms with Gasteiger partial charge in [0, 0.05) is 6.42 Å². The van der Waals surface area contributed by atoms with Gasteiger partial charge in [-0.15, -0.1) is 0 Å². The van der Waals surface area contributed by atoms with E-state index in [1.54, 1.807) is 12.1 Å². The Bertz CT molecular complexity index is 596. The van der Waals surface area contributed by atoms with Crippen LogP contribution in [0.1, 0.15) is 21.7 Å². The molecule has 0 bridgehead atoms. The molecule has 3 nitrogen and oxygen atoms in total. The highest BCUT2D eigenvalue weighted by Crippen LogP contribution is 2.25. The van der Waals surface area contributed by atoms with E-state index in [1.807, 2.05) is 24.3 Å². The van der Waals surface area contributed by atoms with Crippen molar-refractivity contribution in [1.82, 2.24) is 0 Å². The largest absolute Gasteiger partial charge is 0.461 e. The summed E-state index contributed by atoms with van der Waals surface area (Å²) in [6.07, 6.45) is 2.27. The number of benzene rings is 1. The fraction of sp³-hybridized carbons (Fsp3) is 0.200. The smallest absolute Gasteiger partial charge is 0.208 e. The van der Waals surface area contributed by atoms with Crippen LogP contribution in [0.15, 0.2) is 47.1 Å². The van der Waals surface area contributed by atoms with Crippen LogP contribution in [-0.4, -0.2) is 11.6 Å². The summed E-state index contributed by atoms with van der Waals surface area (Å²) >= 11 is 0. The van der Waals surface area contributed by atoms with Crippen LogP contribution in [-0.2, 0) is 17.6 Å². The molecule has 1 aromatic carbocycles. The first-order valence-electron chi connectivity index (χ1n) is 5.93. The van der Waals surface area contributed by atoms with Crippen molar-refractivity contribution in [2.45, 2.75) is 12.8 Å². The molecule has 0 radical (unpaired) electrons. The van der Waals surface area contributed by atoms with Gasteiger partial charge in [0.05, 0.1) is 12.2 Å². The number of hydrogen-bond donors (Lipinski definition) is 0. The molecule has 3 heteroatoms. The zero-order valence-corrected chi connectivity index (χ0v) is 9.76. The van der Waals surface area contributed by atoms with Crippen LogP contribution in [0.5, 0.6) is 0 Å². The molecule has 1 unspecified atom stereocenters. The number of ketones is 2. The molecule has 1 aliphatic carbocycles. The molecule has 18 heavy (non-hydrogen) atoms. The van der Waals surface area contributed by atoms with Crippen LogP contribution < -0.4 is 0 Å². The predicted octanol–water partition coefficient (Wildman–Crippen LogP) is 2.45. The fourth-order valence-corrected chi connectivity index (χ4v) is 2.40. The Morgan fingerprint density at radius 2 is 1.89 bits per heavy atom. The van der Waals surface area contributed by atoms with E-state index < -0.39 is 5.92 Å². The molecule has 0 N–H and O–H groups in total. The summed E-state index contributed by atoms with van der Waals surface area (Å²) in [5.41, 5.74) is 2.12. The van der Waals surface area contributed by atoms with Crippen LogP contribution in [0.2, 0.25) is 0 Å². The molecular weight excluding hydrogens is 228 g/mol. The number of furan rings is 1. The first-order chi connectivity index (χ1) is 8.75. The summed E-state index contributed by atoms with van der Waals surface area (Å²) in [4.78, 5) is 24.2. The van der Waals surface area contributed by atoms with Gasteiger partial charge in [0.25, 0.3) is 0 Å². The van der Waals surface area contributed by atoms with Crippen molar-refractivity contribution in [2.24, 2.45) is 5.92 Å². The van der Waals surface area contributed by atoms with E-state index in [0.29, 0.717) is 12.8 Å². The molecule has 0 saturated heterocycles. The number of fused-ring (bicyclic) bond motifs is 1. The maximum atomic E-state index is 12.2. The minimum absolute atomic E-state index is 0.0184. The summed E-state index contributed by atoms with van der Waals surface area (Å²) in [7, 11) is 0. The lowest BCUT2D eigenvalue weighted by atomic mass is 9.80. The lowest BCUT2D eigenvalue weighted by Crippen LogP contribution is -2.31. The maximum Gasteiger partial charge on any atom is 0.208 e. The highest BCUT2D eigenvalue weighted by atomic mass is 16.3. The molecule has 0 saturated carbocycles. The average Bonchev–Trinajstić information content (AvgIpc) is 2.91. The fourth-order valence-electron chi connectivity index (χ4n) is 2.40. The molecule has 90 valence electrons. The summed E-state index contributed by atoms with van der Waals surface area (Å²) in [5, 5.41) is 0. The van der Waals surface area contributed by atoms with Crippen LogP contribution in [0.25, 0.3) is 0 Å². The summed E-state index contributed by atoms with van der Waals surface area (Å²) in [6, 6.07) is 11.0. The van der Waals surface area contributed by atoms with E-state index in [-0.39, 0.29) is 17.3 Å².